The number of benzene rings is 2. The van der Waals surface area contributed by atoms with Crippen LogP contribution in [0.4, 0.5) is 5.69 Å². The molecule has 2 aromatic rings. The Hall–Kier alpha value is -1.48. The zero-order valence-electron chi connectivity index (χ0n) is 13.3. The molecule has 2 rings (SSSR count). The molecule has 0 aliphatic rings. The Labute approximate surface area is 135 Å². The van der Waals surface area contributed by atoms with E-state index in [0.717, 1.165) is 21.5 Å². The average molecular weight is 348 g/mol. The maximum atomic E-state index is 5.51. The molecule has 0 spiro atoms. The number of nitrogens with one attached hydrogen (secondary N) is 1. The third-order valence-corrected chi connectivity index (χ3v) is 4.27. The highest BCUT2D eigenvalue weighted by molar-refractivity contribution is 9.10. The van der Waals surface area contributed by atoms with E-state index in [4.69, 9.17) is 4.74 Å². The summed E-state index contributed by atoms with van der Waals surface area (Å²) in [5, 5.41) is 3.59. The standard InChI is InChI=1S/C18H22BrNO/c1-11-6-7-15(17(10-11)21-5)14(4)20-18-13(3)8-12(2)9-16(18)19/h6-10,14,20H,1-5H3. The Morgan fingerprint density at radius 2 is 1.76 bits per heavy atom. The van der Waals surface area contributed by atoms with Crippen LogP contribution >= 0.6 is 15.9 Å². The van der Waals surface area contributed by atoms with Crippen molar-refractivity contribution in [2.24, 2.45) is 0 Å². The molecule has 21 heavy (non-hydrogen) atoms. The maximum Gasteiger partial charge on any atom is 0.124 e. The van der Waals surface area contributed by atoms with Crippen LogP contribution in [0.2, 0.25) is 0 Å². The molecule has 0 fully saturated rings. The van der Waals surface area contributed by atoms with E-state index in [1.54, 1.807) is 7.11 Å². The highest BCUT2D eigenvalue weighted by Gasteiger charge is 2.14. The van der Waals surface area contributed by atoms with Gasteiger partial charge < -0.3 is 10.1 Å². The molecule has 2 aromatic carbocycles. The van der Waals surface area contributed by atoms with Gasteiger partial charge >= 0.3 is 0 Å². The number of aryl methyl sites for hydroxylation is 3. The second-order valence-electron chi connectivity index (χ2n) is 5.55. The van der Waals surface area contributed by atoms with Crippen molar-refractivity contribution < 1.29 is 4.74 Å². The van der Waals surface area contributed by atoms with Gasteiger partial charge in [0.25, 0.3) is 0 Å². The molecular weight excluding hydrogens is 326 g/mol. The van der Waals surface area contributed by atoms with Gasteiger partial charge in [-0.15, -0.1) is 0 Å². The van der Waals surface area contributed by atoms with Crippen LogP contribution in [0, 0.1) is 20.8 Å². The van der Waals surface area contributed by atoms with Crippen molar-refractivity contribution in [3.05, 3.63) is 57.1 Å². The first kappa shape index (κ1) is 15.9. The smallest absolute Gasteiger partial charge is 0.124 e. The van der Waals surface area contributed by atoms with Crippen molar-refractivity contribution in [3.8, 4) is 5.75 Å². The molecule has 0 amide bonds. The van der Waals surface area contributed by atoms with Gasteiger partial charge in [-0.1, -0.05) is 18.2 Å². The van der Waals surface area contributed by atoms with E-state index >= 15 is 0 Å². The van der Waals surface area contributed by atoms with Gasteiger partial charge in [-0.2, -0.15) is 0 Å². The molecule has 1 atom stereocenters. The summed E-state index contributed by atoms with van der Waals surface area (Å²) in [4.78, 5) is 0. The lowest BCUT2D eigenvalue weighted by Crippen LogP contribution is -2.10. The van der Waals surface area contributed by atoms with Gasteiger partial charge in [-0.25, -0.2) is 0 Å². The summed E-state index contributed by atoms with van der Waals surface area (Å²) in [6.07, 6.45) is 0. The van der Waals surface area contributed by atoms with E-state index in [1.165, 1.54) is 16.7 Å². The molecule has 0 radical (unpaired) electrons. The van der Waals surface area contributed by atoms with E-state index in [-0.39, 0.29) is 6.04 Å². The summed E-state index contributed by atoms with van der Waals surface area (Å²) in [6.45, 7) is 8.46. The lowest BCUT2D eigenvalue weighted by Gasteiger charge is -2.21. The minimum Gasteiger partial charge on any atom is -0.496 e. The Kier molecular flexibility index (Phi) is 4.94. The molecule has 0 aromatic heterocycles. The van der Waals surface area contributed by atoms with Gasteiger partial charge in [0.05, 0.1) is 18.8 Å². The lowest BCUT2D eigenvalue weighted by molar-refractivity contribution is 0.407. The molecule has 0 aliphatic heterocycles. The van der Waals surface area contributed by atoms with Crippen LogP contribution in [0.1, 0.15) is 35.2 Å². The first-order valence-corrected chi connectivity index (χ1v) is 7.89. The normalized spacial score (nSPS) is 12.1. The molecule has 1 N–H and O–H groups in total. The highest BCUT2D eigenvalue weighted by atomic mass is 79.9. The molecular formula is C18H22BrNO. The fraction of sp³-hybridized carbons (Fsp3) is 0.333. The lowest BCUT2D eigenvalue weighted by atomic mass is 10.0. The largest absolute Gasteiger partial charge is 0.496 e. The van der Waals surface area contributed by atoms with Gasteiger partial charge in [0, 0.05) is 10.0 Å². The van der Waals surface area contributed by atoms with E-state index in [9.17, 15) is 0 Å². The van der Waals surface area contributed by atoms with Crippen LogP contribution in [0.5, 0.6) is 5.75 Å². The fourth-order valence-electron chi connectivity index (χ4n) is 2.57. The molecule has 3 heteroatoms. The van der Waals surface area contributed by atoms with E-state index in [1.807, 2.05) is 0 Å². The Morgan fingerprint density at radius 3 is 2.38 bits per heavy atom. The zero-order chi connectivity index (χ0) is 15.6. The van der Waals surface area contributed by atoms with E-state index < -0.39 is 0 Å². The summed E-state index contributed by atoms with van der Waals surface area (Å²) >= 11 is 3.65. The van der Waals surface area contributed by atoms with Crippen LogP contribution in [0.25, 0.3) is 0 Å². The Balaban J connectivity index is 2.32. The summed E-state index contributed by atoms with van der Waals surface area (Å²) in [7, 11) is 1.72. The van der Waals surface area contributed by atoms with Gasteiger partial charge in [-0.05, 0) is 72.4 Å². The predicted molar refractivity (Wildman–Crippen MR) is 93.4 cm³/mol. The quantitative estimate of drug-likeness (QED) is 0.781. The summed E-state index contributed by atoms with van der Waals surface area (Å²) in [6, 6.07) is 10.8. The van der Waals surface area contributed by atoms with Crippen LogP contribution in [-0.4, -0.2) is 7.11 Å². The molecule has 0 saturated heterocycles. The second kappa shape index (κ2) is 6.52. The predicted octanol–water partition coefficient (Wildman–Crippen LogP) is 5.56. The molecule has 0 aliphatic carbocycles. The van der Waals surface area contributed by atoms with Crippen molar-refractivity contribution >= 4 is 21.6 Å². The Bertz CT molecular complexity index is 629. The average Bonchev–Trinajstić information content (AvgIpc) is 2.42. The number of hydrogen-bond donors (Lipinski definition) is 1. The van der Waals surface area contributed by atoms with Crippen LogP contribution in [-0.2, 0) is 0 Å². The van der Waals surface area contributed by atoms with E-state index in [2.05, 4.69) is 79.3 Å². The number of hydrogen-bond acceptors (Lipinski definition) is 2. The van der Waals surface area contributed by atoms with Gasteiger partial charge in [0.15, 0.2) is 0 Å². The number of ether oxygens (including phenoxy) is 1. The second-order valence-corrected chi connectivity index (χ2v) is 6.40. The molecule has 1 unspecified atom stereocenters. The number of rotatable bonds is 4. The molecule has 0 bridgehead atoms. The van der Waals surface area contributed by atoms with Crippen molar-refractivity contribution in [1.82, 2.24) is 0 Å². The third kappa shape index (κ3) is 3.59. The van der Waals surface area contributed by atoms with Crippen LogP contribution < -0.4 is 10.1 Å². The first-order chi connectivity index (χ1) is 9.92. The molecule has 112 valence electrons. The summed E-state index contributed by atoms with van der Waals surface area (Å²) in [5.74, 6) is 0.927. The summed E-state index contributed by atoms with van der Waals surface area (Å²) < 4.78 is 6.61. The molecule has 0 saturated carbocycles. The van der Waals surface area contributed by atoms with Crippen molar-refractivity contribution in [3.63, 3.8) is 0 Å². The van der Waals surface area contributed by atoms with Crippen LogP contribution in [0.15, 0.2) is 34.8 Å². The fourth-order valence-corrected chi connectivity index (χ4v) is 3.36. The number of halogens is 1. The van der Waals surface area contributed by atoms with Crippen LogP contribution in [0.3, 0.4) is 0 Å². The SMILES string of the molecule is COc1cc(C)ccc1C(C)Nc1c(C)cc(C)cc1Br. The molecule has 2 nitrogen and oxygen atoms in total. The third-order valence-electron chi connectivity index (χ3n) is 3.65. The minimum absolute atomic E-state index is 0.165. The highest BCUT2D eigenvalue weighted by Crippen LogP contribution is 2.33. The van der Waals surface area contributed by atoms with Crippen molar-refractivity contribution in [2.75, 3.05) is 12.4 Å². The number of anilines is 1. The van der Waals surface area contributed by atoms with Crippen molar-refractivity contribution in [1.29, 1.82) is 0 Å². The maximum absolute atomic E-state index is 5.51. The minimum atomic E-state index is 0.165. The molecule has 0 heterocycles. The topological polar surface area (TPSA) is 21.3 Å². The Morgan fingerprint density at radius 1 is 1.05 bits per heavy atom. The monoisotopic (exact) mass is 347 g/mol. The van der Waals surface area contributed by atoms with E-state index in [0.29, 0.717) is 0 Å². The number of methoxy groups -OCH3 is 1. The van der Waals surface area contributed by atoms with Gasteiger partial charge in [0.1, 0.15) is 5.75 Å². The zero-order valence-corrected chi connectivity index (χ0v) is 14.8. The van der Waals surface area contributed by atoms with Crippen molar-refractivity contribution in [2.45, 2.75) is 33.7 Å². The summed E-state index contributed by atoms with van der Waals surface area (Å²) in [5.41, 5.74) is 5.99. The van der Waals surface area contributed by atoms with Gasteiger partial charge in [0.2, 0.25) is 0 Å². The first-order valence-electron chi connectivity index (χ1n) is 7.10. The van der Waals surface area contributed by atoms with Gasteiger partial charge in [-0.3, -0.25) is 0 Å².